The number of para-hydroxylation sites is 2. The van der Waals surface area contributed by atoms with Gasteiger partial charge >= 0.3 is 0 Å². The molecule has 2 aromatic carbocycles. The number of aromatic nitrogens is 2. The average Bonchev–Trinajstić information content (AvgIpc) is 3.24. The molecular formula is C21H22N4O2. The SMILES string of the molecule is Cn1c(CNC(=O)Cc2ccc(N3CCCC3=O)cc2)nc2ccccc21. The van der Waals surface area contributed by atoms with Crippen molar-refractivity contribution in [2.24, 2.45) is 7.05 Å². The molecule has 1 aliphatic rings. The zero-order valence-electron chi connectivity index (χ0n) is 15.3. The predicted molar refractivity (Wildman–Crippen MR) is 104 cm³/mol. The van der Waals surface area contributed by atoms with E-state index >= 15 is 0 Å². The Labute approximate surface area is 157 Å². The van der Waals surface area contributed by atoms with Gasteiger partial charge in [0.15, 0.2) is 0 Å². The molecule has 1 aliphatic heterocycles. The number of nitrogens with zero attached hydrogens (tertiary/aromatic N) is 3. The van der Waals surface area contributed by atoms with Crippen molar-refractivity contribution >= 4 is 28.5 Å². The fraction of sp³-hybridized carbons (Fsp3) is 0.286. The van der Waals surface area contributed by atoms with Gasteiger partial charge in [0.05, 0.1) is 24.0 Å². The van der Waals surface area contributed by atoms with Gasteiger partial charge in [-0.05, 0) is 36.2 Å². The highest BCUT2D eigenvalue weighted by Gasteiger charge is 2.21. The Bertz CT molecular complexity index is 991. The first kappa shape index (κ1) is 17.3. The molecule has 1 saturated heterocycles. The van der Waals surface area contributed by atoms with E-state index in [0.29, 0.717) is 19.4 Å². The monoisotopic (exact) mass is 362 g/mol. The molecule has 1 aromatic heterocycles. The molecule has 0 unspecified atom stereocenters. The maximum atomic E-state index is 12.3. The summed E-state index contributed by atoms with van der Waals surface area (Å²) in [6.45, 7) is 1.17. The minimum atomic E-state index is -0.0490. The van der Waals surface area contributed by atoms with E-state index in [1.807, 2.05) is 60.1 Å². The van der Waals surface area contributed by atoms with Crippen molar-refractivity contribution in [2.75, 3.05) is 11.4 Å². The lowest BCUT2D eigenvalue weighted by molar-refractivity contribution is -0.120. The molecule has 0 atom stereocenters. The van der Waals surface area contributed by atoms with Crippen molar-refractivity contribution in [1.29, 1.82) is 0 Å². The van der Waals surface area contributed by atoms with E-state index in [1.54, 1.807) is 4.90 Å². The Kier molecular flexibility index (Phi) is 4.62. The van der Waals surface area contributed by atoms with Crippen LogP contribution in [0.4, 0.5) is 5.69 Å². The molecule has 3 aromatic rings. The molecule has 6 nitrogen and oxygen atoms in total. The largest absolute Gasteiger partial charge is 0.349 e. The van der Waals surface area contributed by atoms with Gasteiger partial charge in [-0.15, -0.1) is 0 Å². The van der Waals surface area contributed by atoms with E-state index in [2.05, 4.69) is 10.3 Å². The highest BCUT2D eigenvalue weighted by molar-refractivity contribution is 5.95. The molecule has 4 rings (SSSR count). The minimum absolute atomic E-state index is 0.0490. The molecule has 0 saturated carbocycles. The normalized spacial score (nSPS) is 14.1. The summed E-state index contributed by atoms with van der Waals surface area (Å²) in [5, 5.41) is 2.94. The molecule has 138 valence electrons. The van der Waals surface area contributed by atoms with Crippen LogP contribution in [0, 0.1) is 0 Å². The second-order valence-electron chi connectivity index (χ2n) is 6.84. The average molecular weight is 362 g/mol. The molecule has 0 aliphatic carbocycles. The lowest BCUT2D eigenvalue weighted by Crippen LogP contribution is -2.26. The van der Waals surface area contributed by atoms with Gasteiger partial charge in [0.25, 0.3) is 0 Å². The summed E-state index contributed by atoms with van der Waals surface area (Å²) in [6, 6.07) is 15.6. The summed E-state index contributed by atoms with van der Waals surface area (Å²) in [5.74, 6) is 0.947. The molecule has 0 radical (unpaired) electrons. The number of carbonyl (C=O) groups is 2. The number of amides is 2. The third-order valence-corrected chi connectivity index (χ3v) is 5.01. The molecule has 1 fully saturated rings. The zero-order chi connectivity index (χ0) is 18.8. The van der Waals surface area contributed by atoms with Crippen LogP contribution in [0.1, 0.15) is 24.2 Å². The number of fused-ring (bicyclic) bond motifs is 1. The maximum Gasteiger partial charge on any atom is 0.227 e. The van der Waals surface area contributed by atoms with E-state index < -0.39 is 0 Å². The van der Waals surface area contributed by atoms with Gasteiger partial charge < -0.3 is 14.8 Å². The van der Waals surface area contributed by atoms with E-state index in [1.165, 1.54) is 0 Å². The third-order valence-electron chi connectivity index (χ3n) is 5.01. The Morgan fingerprint density at radius 2 is 1.93 bits per heavy atom. The van der Waals surface area contributed by atoms with Gasteiger partial charge in [0, 0.05) is 25.7 Å². The Hall–Kier alpha value is -3.15. The van der Waals surface area contributed by atoms with Crippen LogP contribution < -0.4 is 10.2 Å². The summed E-state index contributed by atoms with van der Waals surface area (Å²) >= 11 is 0. The number of carbonyl (C=O) groups excluding carboxylic acids is 2. The quantitative estimate of drug-likeness (QED) is 0.758. The Morgan fingerprint density at radius 1 is 1.15 bits per heavy atom. The second-order valence-corrected chi connectivity index (χ2v) is 6.84. The van der Waals surface area contributed by atoms with Crippen molar-refractivity contribution in [3.63, 3.8) is 0 Å². The maximum absolute atomic E-state index is 12.3. The van der Waals surface area contributed by atoms with Crippen LogP contribution in [0.5, 0.6) is 0 Å². The summed E-state index contributed by atoms with van der Waals surface area (Å²) in [6.07, 6.45) is 1.83. The van der Waals surface area contributed by atoms with E-state index in [4.69, 9.17) is 0 Å². The van der Waals surface area contributed by atoms with Crippen LogP contribution >= 0.6 is 0 Å². The smallest absolute Gasteiger partial charge is 0.227 e. The first-order chi connectivity index (χ1) is 13.1. The van der Waals surface area contributed by atoms with Crippen molar-refractivity contribution < 1.29 is 9.59 Å². The number of nitrogens with one attached hydrogen (secondary N) is 1. The fourth-order valence-electron chi connectivity index (χ4n) is 3.49. The molecule has 1 N–H and O–H groups in total. The van der Waals surface area contributed by atoms with Crippen LogP contribution in [0.2, 0.25) is 0 Å². The number of hydrogen-bond acceptors (Lipinski definition) is 3. The van der Waals surface area contributed by atoms with Crippen molar-refractivity contribution in [3.05, 3.63) is 59.9 Å². The number of benzene rings is 2. The van der Waals surface area contributed by atoms with Crippen molar-refractivity contribution in [3.8, 4) is 0 Å². The van der Waals surface area contributed by atoms with Gasteiger partial charge in [-0.3, -0.25) is 9.59 Å². The highest BCUT2D eigenvalue weighted by Crippen LogP contribution is 2.21. The standard InChI is InChI=1S/C21H22N4O2/c1-24-18-6-3-2-5-17(18)23-19(24)14-22-20(26)13-15-8-10-16(11-9-15)25-12-4-7-21(25)27/h2-3,5-6,8-11H,4,7,12-14H2,1H3,(H,22,26). The minimum Gasteiger partial charge on any atom is -0.349 e. The summed E-state index contributed by atoms with van der Waals surface area (Å²) < 4.78 is 2.00. The molecule has 0 bridgehead atoms. The van der Waals surface area contributed by atoms with Gasteiger partial charge in [-0.1, -0.05) is 24.3 Å². The van der Waals surface area contributed by atoms with Gasteiger partial charge in [0.2, 0.25) is 11.8 Å². The number of imidazole rings is 1. The molecular weight excluding hydrogens is 340 g/mol. The van der Waals surface area contributed by atoms with Crippen molar-refractivity contribution in [1.82, 2.24) is 14.9 Å². The summed E-state index contributed by atoms with van der Waals surface area (Å²) in [4.78, 5) is 30.5. The molecule has 0 spiro atoms. The topological polar surface area (TPSA) is 67.2 Å². The van der Waals surface area contributed by atoms with E-state index in [0.717, 1.165) is 41.1 Å². The van der Waals surface area contributed by atoms with Gasteiger partial charge in [-0.25, -0.2) is 4.98 Å². The van der Waals surface area contributed by atoms with E-state index in [9.17, 15) is 9.59 Å². The molecule has 6 heteroatoms. The van der Waals surface area contributed by atoms with E-state index in [-0.39, 0.29) is 11.8 Å². The number of hydrogen-bond donors (Lipinski definition) is 1. The lowest BCUT2D eigenvalue weighted by atomic mass is 10.1. The van der Waals surface area contributed by atoms with Gasteiger partial charge in [-0.2, -0.15) is 0 Å². The van der Waals surface area contributed by atoms with Crippen LogP contribution in [-0.4, -0.2) is 27.9 Å². The van der Waals surface area contributed by atoms with Crippen LogP contribution in [-0.2, 0) is 29.6 Å². The van der Waals surface area contributed by atoms with Crippen molar-refractivity contribution in [2.45, 2.75) is 25.8 Å². The molecule has 2 heterocycles. The highest BCUT2D eigenvalue weighted by atomic mass is 16.2. The first-order valence-electron chi connectivity index (χ1n) is 9.18. The first-order valence-corrected chi connectivity index (χ1v) is 9.18. The lowest BCUT2D eigenvalue weighted by Gasteiger charge is -2.15. The summed E-state index contributed by atoms with van der Waals surface area (Å²) in [5.41, 5.74) is 3.80. The number of aryl methyl sites for hydroxylation is 1. The Balaban J connectivity index is 1.36. The predicted octanol–water partition coefficient (Wildman–Crippen LogP) is 2.56. The number of rotatable bonds is 5. The third kappa shape index (κ3) is 3.56. The van der Waals surface area contributed by atoms with Gasteiger partial charge in [0.1, 0.15) is 5.82 Å². The molecule has 2 amide bonds. The number of anilines is 1. The molecule has 27 heavy (non-hydrogen) atoms. The Morgan fingerprint density at radius 3 is 2.63 bits per heavy atom. The van der Waals surface area contributed by atoms with Crippen LogP contribution in [0.3, 0.4) is 0 Å². The second kappa shape index (κ2) is 7.23. The van der Waals surface area contributed by atoms with Crippen LogP contribution in [0.15, 0.2) is 48.5 Å². The fourth-order valence-corrected chi connectivity index (χ4v) is 3.49. The van der Waals surface area contributed by atoms with Crippen LogP contribution in [0.25, 0.3) is 11.0 Å². The summed E-state index contributed by atoms with van der Waals surface area (Å²) in [7, 11) is 1.95. The zero-order valence-corrected chi connectivity index (χ0v) is 15.3.